The molecule has 0 aliphatic heterocycles. The van der Waals surface area contributed by atoms with Gasteiger partial charge in [-0.25, -0.2) is 13.1 Å². The molecule has 9 nitrogen and oxygen atoms in total. The average molecular weight is 562 g/mol. The van der Waals surface area contributed by atoms with E-state index in [0.29, 0.717) is 34.9 Å². The highest BCUT2D eigenvalue weighted by molar-refractivity contribution is 7.90. The molecule has 3 rings (SSSR count). The average Bonchev–Trinajstić information content (AvgIpc) is 2.92. The molecule has 0 saturated heterocycles. The molecule has 1 fully saturated rings. The van der Waals surface area contributed by atoms with Crippen molar-refractivity contribution < 1.29 is 27.9 Å². The SMILES string of the molecule is C[C@H](O)C(=O)NS(=O)(=O)c1ccccc1-c1ccc(C(=O)NCCNC(=O)[C@@H](CS)C2CCCCC2)cc1. The summed E-state index contributed by atoms with van der Waals surface area (Å²) in [5.74, 6) is -0.624. The maximum Gasteiger partial charge on any atom is 0.264 e. The lowest BCUT2D eigenvalue weighted by Crippen LogP contribution is -2.40. The van der Waals surface area contributed by atoms with Crippen LogP contribution in [0.3, 0.4) is 0 Å². The molecule has 0 bridgehead atoms. The molecular weight excluding hydrogens is 526 g/mol. The summed E-state index contributed by atoms with van der Waals surface area (Å²) in [5.41, 5.74) is 1.24. The second-order valence-corrected chi connectivity index (χ2v) is 11.5. The Kier molecular flexibility index (Phi) is 10.7. The van der Waals surface area contributed by atoms with Crippen LogP contribution in [-0.2, 0) is 19.6 Å². The Hall–Kier alpha value is -2.89. The number of amides is 3. The first-order valence-electron chi connectivity index (χ1n) is 12.7. The van der Waals surface area contributed by atoms with Crippen molar-refractivity contribution in [2.75, 3.05) is 18.8 Å². The Bertz CT molecular complexity index is 1230. The highest BCUT2D eigenvalue weighted by Crippen LogP contribution is 2.31. The van der Waals surface area contributed by atoms with Gasteiger partial charge in [-0.15, -0.1) is 0 Å². The molecular formula is C27H35N3O6S2. The maximum absolute atomic E-state index is 12.7. The van der Waals surface area contributed by atoms with Crippen molar-refractivity contribution in [3.63, 3.8) is 0 Å². The molecule has 11 heteroatoms. The van der Waals surface area contributed by atoms with Crippen LogP contribution in [0.2, 0.25) is 0 Å². The molecule has 0 spiro atoms. The first-order chi connectivity index (χ1) is 18.1. The molecule has 1 saturated carbocycles. The first kappa shape index (κ1) is 29.7. The van der Waals surface area contributed by atoms with Crippen LogP contribution < -0.4 is 15.4 Å². The summed E-state index contributed by atoms with van der Waals surface area (Å²) < 4.78 is 27.3. The topological polar surface area (TPSA) is 142 Å². The molecule has 2 aromatic rings. The van der Waals surface area contributed by atoms with Crippen LogP contribution >= 0.6 is 12.6 Å². The lowest BCUT2D eigenvalue weighted by Gasteiger charge is -2.28. The fraction of sp³-hybridized carbons (Fsp3) is 0.444. The summed E-state index contributed by atoms with van der Waals surface area (Å²) in [4.78, 5) is 36.8. The third-order valence-corrected chi connectivity index (χ3v) is 8.51. The van der Waals surface area contributed by atoms with Crippen LogP contribution in [-0.4, -0.2) is 56.2 Å². The minimum absolute atomic E-state index is 0.0243. The fourth-order valence-corrected chi connectivity index (χ4v) is 6.33. The van der Waals surface area contributed by atoms with E-state index in [1.807, 2.05) is 4.72 Å². The lowest BCUT2D eigenvalue weighted by molar-refractivity contribution is -0.127. The van der Waals surface area contributed by atoms with E-state index in [0.717, 1.165) is 25.7 Å². The van der Waals surface area contributed by atoms with Crippen molar-refractivity contribution in [3.05, 3.63) is 54.1 Å². The Labute approximate surface area is 229 Å². The van der Waals surface area contributed by atoms with E-state index < -0.39 is 22.0 Å². The number of benzene rings is 2. The summed E-state index contributed by atoms with van der Waals surface area (Å²) >= 11 is 4.38. The van der Waals surface area contributed by atoms with Gasteiger partial charge in [0.2, 0.25) is 5.91 Å². The normalized spacial score (nSPS) is 15.8. The lowest BCUT2D eigenvalue weighted by atomic mass is 9.80. The van der Waals surface area contributed by atoms with Crippen LogP contribution in [0.25, 0.3) is 11.1 Å². The summed E-state index contributed by atoms with van der Waals surface area (Å²) in [5, 5.41) is 15.0. The number of sulfonamides is 1. The number of carbonyl (C=O) groups is 3. The molecule has 0 radical (unpaired) electrons. The van der Waals surface area contributed by atoms with Gasteiger partial charge in [0.1, 0.15) is 6.10 Å². The van der Waals surface area contributed by atoms with Crippen molar-refractivity contribution in [2.45, 2.75) is 50.0 Å². The number of aliphatic hydroxyl groups excluding tert-OH is 1. The number of hydrogen-bond acceptors (Lipinski definition) is 7. The first-order valence-corrected chi connectivity index (χ1v) is 14.9. The predicted molar refractivity (Wildman–Crippen MR) is 148 cm³/mol. The quantitative estimate of drug-likeness (QED) is 0.211. The zero-order chi connectivity index (χ0) is 27.7. The minimum atomic E-state index is -4.23. The van der Waals surface area contributed by atoms with Crippen LogP contribution in [0.15, 0.2) is 53.4 Å². The molecule has 2 atom stereocenters. The van der Waals surface area contributed by atoms with E-state index in [9.17, 15) is 27.9 Å². The Morgan fingerprint density at radius 2 is 1.58 bits per heavy atom. The Morgan fingerprint density at radius 1 is 0.947 bits per heavy atom. The zero-order valence-electron chi connectivity index (χ0n) is 21.4. The highest BCUT2D eigenvalue weighted by Gasteiger charge is 2.28. The third kappa shape index (κ3) is 7.81. The standard InChI is InChI=1S/C27H35N3O6S2/c1-18(31)25(32)30-38(35,36)24-10-6-5-9-22(24)20-11-13-21(14-12-20)26(33)28-15-16-29-27(34)23(17-37)19-7-3-2-4-8-19/h5-6,9-14,18-19,23,31,37H,2-4,7-8,15-17H2,1H3,(H,28,33)(H,29,34)(H,30,32)/t18-,23-/m0/s1. The molecule has 4 N–H and O–H groups in total. The number of nitrogens with one attached hydrogen (secondary N) is 3. The third-order valence-electron chi connectivity index (χ3n) is 6.71. The van der Waals surface area contributed by atoms with E-state index >= 15 is 0 Å². The minimum Gasteiger partial charge on any atom is -0.384 e. The van der Waals surface area contributed by atoms with Crippen molar-refractivity contribution >= 4 is 40.4 Å². The molecule has 1 aliphatic carbocycles. The Balaban J connectivity index is 1.58. The Morgan fingerprint density at radius 3 is 2.21 bits per heavy atom. The predicted octanol–water partition coefficient (Wildman–Crippen LogP) is 2.51. The van der Waals surface area contributed by atoms with Crippen LogP contribution in [0.5, 0.6) is 0 Å². The van der Waals surface area contributed by atoms with Gasteiger partial charge in [0.05, 0.1) is 4.90 Å². The van der Waals surface area contributed by atoms with Crippen LogP contribution in [0.4, 0.5) is 0 Å². The van der Waals surface area contributed by atoms with Crippen molar-refractivity contribution in [3.8, 4) is 11.1 Å². The molecule has 3 amide bonds. The van der Waals surface area contributed by atoms with E-state index in [-0.39, 0.29) is 29.2 Å². The fourth-order valence-electron chi connectivity index (χ4n) is 4.59. The molecule has 0 heterocycles. The summed E-state index contributed by atoms with van der Waals surface area (Å²) in [6, 6.07) is 12.5. The summed E-state index contributed by atoms with van der Waals surface area (Å²) in [6.45, 7) is 1.74. The van der Waals surface area contributed by atoms with Gasteiger partial charge in [-0.3, -0.25) is 14.4 Å². The van der Waals surface area contributed by atoms with Gasteiger partial charge in [-0.05, 0) is 49.4 Å². The van der Waals surface area contributed by atoms with Gasteiger partial charge in [-0.1, -0.05) is 49.6 Å². The maximum atomic E-state index is 12.7. The monoisotopic (exact) mass is 561 g/mol. The summed E-state index contributed by atoms with van der Waals surface area (Å²) in [6.07, 6.45) is 4.15. The van der Waals surface area contributed by atoms with Crippen molar-refractivity contribution in [2.24, 2.45) is 11.8 Å². The number of thiol groups is 1. The summed E-state index contributed by atoms with van der Waals surface area (Å²) in [7, 11) is -4.23. The number of carbonyl (C=O) groups excluding carboxylic acids is 3. The van der Waals surface area contributed by atoms with Gasteiger partial charge in [0.15, 0.2) is 0 Å². The van der Waals surface area contributed by atoms with Crippen LogP contribution in [0.1, 0.15) is 49.4 Å². The molecule has 38 heavy (non-hydrogen) atoms. The van der Waals surface area contributed by atoms with Gasteiger partial charge in [0, 0.05) is 35.9 Å². The molecule has 206 valence electrons. The van der Waals surface area contributed by atoms with Crippen LogP contribution in [0, 0.1) is 11.8 Å². The number of hydrogen-bond donors (Lipinski definition) is 5. The van der Waals surface area contributed by atoms with Crippen molar-refractivity contribution in [1.29, 1.82) is 0 Å². The molecule has 0 aromatic heterocycles. The van der Waals surface area contributed by atoms with E-state index in [4.69, 9.17) is 0 Å². The van der Waals surface area contributed by atoms with E-state index in [2.05, 4.69) is 23.3 Å². The molecule has 0 unspecified atom stereocenters. The molecule has 2 aromatic carbocycles. The van der Waals surface area contributed by atoms with E-state index in [1.165, 1.54) is 25.5 Å². The van der Waals surface area contributed by atoms with Gasteiger partial charge < -0.3 is 15.7 Å². The zero-order valence-corrected chi connectivity index (χ0v) is 23.1. The number of rotatable bonds is 11. The second kappa shape index (κ2) is 13.8. The number of aliphatic hydroxyl groups is 1. The van der Waals surface area contributed by atoms with Gasteiger partial charge in [0.25, 0.3) is 21.8 Å². The largest absolute Gasteiger partial charge is 0.384 e. The smallest absolute Gasteiger partial charge is 0.264 e. The van der Waals surface area contributed by atoms with Crippen molar-refractivity contribution in [1.82, 2.24) is 15.4 Å². The van der Waals surface area contributed by atoms with Gasteiger partial charge >= 0.3 is 0 Å². The second-order valence-electron chi connectivity index (χ2n) is 9.45. The molecule has 1 aliphatic rings. The van der Waals surface area contributed by atoms with Gasteiger partial charge in [-0.2, -0.15) is 12.6 Å². The van der Waals surface area contributed by atoms with E-state index in [1.54, 1.807) is 36.4 Å². The highest BCUT2D eigenvalue weighted by atomic mass is 32.2.